The van der Waals surface area contributed by atoms with Crippen LogP contribution in [0, 0.1) is 6.92 Å². The van der Waals surface area contributed by atoms with Crippen LogP contribution in [0.5, 0.6) is 5.75 Å². The van der Waals surface area contributed by atoms with Gasteiger partial charge in [-0.25, -0.2) is 9.78 Å². The number of aromatic nitrogens is 2. The zero-order valence-electron chi connectivity index (χ0n) is 18.6. The van der Waals surface area contributed by atoms with E-state index in [9.17, 15) is 4.79 Å². The molecule has 0 amide bonds. The van der Waals surface area contributed by atoms with Gasteiger partial charge in [0.05, 0.1) is 38.0 Å². The molecule has 1 saturated heterocycles. The Morgan fingerprint density at radius 1 is 1.35 bits per heavy atom. The fraction of sp³-hybridized carbons (Fsp3) is 0.500. The summed E-state index contributed by atoms with van der Waals surface area (Å²) in [6.45, 7) is 5.39. The molecule has 31 heavy (non-hydrogen) atoms. The summed E-state index contributed by atoms with van der Waals surface area (Å²) in [6, 6.07) is 5.83. The maximum Gasteiger partial charge on any atom is 0.334 e. The minimum atomic E-state index is -0.301. The topological polar surface area (TPSA) is 71.8 Å². The number of aryl methyl sites for hydroxylation is 1. The molecule has 0 N–H and O–H groups in total. The summed E-state index contributed by atoms with van der Waals surface area (Å²) >= 11 is 0. The summed E-state index contributed by atoms with van der Waals surface area (Å²) in [5.74, 6) is 0.400. The van der Waals surface area contributed by atoms with E-state index < -0.39 is 0 Å². The van der Waals surface area contributed by atoms with E-state index in [1.807, 2.05) is 48.9 Å². The highest BCUT2D eigenvalue weighted by molar-refractivity contribution is 5.93. The van der Waals surface area contributed by atoms with Gasteiger partial charge < -0.3 is 23.5 Å². The standard InChI is InChI=1S/C24H32N2O5/c1-4-29-24(27)20(8-7-13-31-23-9-5-6-12-30-23)14-19-10-11-21(22(15-19)28-3)26-16-18(2)25-17-26/h10-11,14-17,23H,4-9,12-13H2,1-3H3/b20-14-. The third kappa shape index (κ3) is 6.67. The monoisotopic (exact) mass is 428 g/mol. The minimum absolute atomic E-state index is 0.118. The van der Waals surface area contributed by atoms with Crippen LogP contribution < -0.4 is 4.74 Å². The van der Waals surface area contributed by atoms with Crippen molar-refractivity contribution in [3.05, 3.63) is 47.6 Å². The fourth-order valence-electron chi connectivity index (χ4n) is 3.53. The van der Waals surface area contributed by atoms with Gasteiger partial charge in [-0.2, -0.15) is 0 Å². The lowest BCUT2D eigenvalue weighted by atomic mass is 10.1. The summed E-state index contributed by atoms with van der Waals surface area (Å²) in [5.41, 5.74) is 3.30. The van der Waals surface area contributed by atoms with Gasteiger partial charge in [0.1, 0.15) is 5.75 Å². The molecular weight excluding hydrogens is 396 g/mol. The number of esters is 1. The number of nitrogens with zero attached hydrogens (tertiary/aromatic N) is 2. The van der Waals surface area contributed by atoms with Crippen molar-refractivity contribution >= 4 is 12.0 Å². The van der Waals surface area contributed by atoms with Crippen molar-refractivity contribution < 1.29 is 23.7 Å². The molecule has 7 nitrogen and oxygen atoms in total. The molecule has 1 fully saturated rings. The molecular formula is C24H32N2O5. The van der Waals surface area contributed by atoms with Crippen LogP contribution >= 0.6 is 0 Å². The highest BCUT2D eigenvalue weighted by Gasteiger charge is 2.15. The van der Waals surface area contributed by atoms with Crippen LogP contribution in [-0.4, -0.2) is 48.7 Å². The number of carbonyl (C=O) groups is 1. The molecule has 3 rings (SSSR count). The number of benzene rings is 1. The summed E-state index contributed by atoms with van der Waals surface area (Å²) in [7, 11) is 1.63. The SMILES string of the molecule is CCOC(=O)/C(=C\c1ccc(-n2cnc(C)c2)c(OC)c1)CCCOC1CCCCO1. The molecule has 2 heterocycles. The summed E-state index contributed by atoms with van der Waals surface area (Å²) in [4.78, 5) is 16.8. The molecule has 1 aliphatic rings. The third-order valence-electron chi connectivity index (χ3n) is 5.10. The number of imidazole rings is 1. The summed E-state index contributed by atoms with van der Waals surface area (Å²) in [5, 5.41) is 0. The number of methoxy groups -OCH3 is 1. The second-order valence-corrected chi connectivity index (χ2v) is 7.51. The highest BCUT2D eigenvalue weighted by Crippen LogP contribution is 2.26. The lowest BCUT2D eigenvalue weighted by Gasteiger charge is -2.22. The number of ether oxygens (including phenoxy) is 4. The normalized spacial score (nSPS) is 16.9. The van der Waals surface area contributed by atoms with Gasteiger partial charge >= 0.3 is 5.97 Å². The van der Waals surface area contributed by atoms with Crippen LogP contribution in [0.25, 0.3) is 11.8 Å². The Kier molecular flexibility index (Phi) is 8.67. The van der Waals surface area contributed by atoms with Crippen molar-refractivity contribution in [2.75, 3.05) is 26.9 Å². The van der Waals surface area contributed by atoms with Gasteiger partial charge in [0.15, 0.2) is 6.29 Å². The molecule has 0 aliphatic carbocycles. The lowest BCUT2D eigenvalue weighted by Crippen LogP contribution is -2.22. The number of carbonyl (C=O) groups excluding carboxylic acids is 1. The van der Waals surface area contributed by atoms with Crippen molar-refractivity contribution in [2.24, 2.45) is 0 Å². The Labute approximate surface area is 184 Å². The first-order valence-electron chi connectivity index (χ1n) is 10.9. The molecule has 0 spiro atoms. The third-order valence-corrected chi connectivity index (χ3v) is 5.10. The fourth-order valence-corrected chi connectivity index (χ4v) is 3.53. The van der Waals surface area contributed by atoms with E-state index in [1.54, 1.807) is 13.4 Å². The number of rotatable bonds is 10. The zero-order valence-corrected chi connectivity index (χ0v) is 18.6. The second-order valence-electron chi connectivity index (χ2n) is 7.51. The maximum absolute atomic E-state index is 12.5. The van der Waals surface area contributed by atoms with Crippen LogP contribution in [0.2, 0.25) is 0 Å². The molecule has 1 unspecified atom stereocenters. The number of hydrogen-bond donors (Lipinski definition) is 0. The van der Waals surface area contributed by atoms with E-state index in [4.69, 9.17) is 18.9 Å². The van der Waals surface area contributed by atoms with E-state index in [-0.39, 0.29) is 12.3 Å². The van der Waals surface area contributed by atoms with Gasteiger partial charge in [-0.3, -0.25) is 0 Å². The highest BCUT2D eigenvalue weighted by atomic mass is 16.7. The van der Waals surface area contributed by atoms with E-state index in [0.29, 0.717) is 37.4 Å². The summed E-state index contributed by atoms with van der Waals surface area (Å²) in [6.07, 6.45) is 9.88. The van der Waals surface area contributed by atoms with Crippen LogP contribution in [0.1, 0.15) is 50.3 Å². The van der Waals surface area contributed by atoms with E-state index in [0.717, 1.165) is 42.8 Å². The largest absolute Gasteiger partial charge is 0.495 e. The van der Waals surface area contributed by atoms with Crippen molar-refractivity contribution in [3.8, 4) is 11.4 Å². The molecule has 1 atom stereocenters. The molecule has 2 aromatic rings. The Hall–Kier alpha value is -2.64. The first-order valence-corrected chi connectivity index (χ1v) is 10.9. The average molecular weight is 429 g/mol. The van der Waals surface area contributed by atoms with Gasteiger partial charge in [-0.1, -0.05) is 6.07 Å². The van der Waals surface area contributed by atoms with Crippen molar-refractivity contribution in [2.45, 2.75) is 52.2 Å². The van der Waals surface area contributed by atoms with E-state index in [1.165, 1.54) is 0 Å². The predicted octanol–water partition coefficient (Wildman–Crippen LogP) is 4.46. The van der Waals surface area contributed by atoms with Crippen molar-refractivity contribution in [1.29, 1.82) is 0 Å². The molecule has 7 heteroatoms. The zero-order chi connectivity index (χ0) is 22.1. The molecule has 168 valence electrons. The Bertz CT molecular complexity index is 884. The van der Waals surface area contributed by atoms with Crippen molar-refractivity contribution in [1.82, 2.24) is 9.55 Å². The van der Waals surface area contributed by atoms with Crippen LogP contribution in [0.15, 0.2) is 36.3 Å². The van der Waals surface area contributed by atoms with Gasteiger partial charge in [-0.15, -0.1) is 0 Å². The first kappa shape index (κ1) is 23.0. The van der Waals surface area contributed by atoms with E-state index in [2.05, 4.69) is 4.98 Å². The van der Waals surface area contributed by atoms with Gasteiger partial charge in [0.2, 0.25) is 0 Å². The summed E-state index contributed by atoms with van der Waals surface area (Å²) < 4.78 is 24.1. The maximum atomic E-state index is 12.5. The van der Waals surface area contributed by atoms with Gasteiger partial charge in [0.25, 0.3) is 0 Å². The van der Waals surface area contributed by atoms with E-state index >= 15 is 0 Å². The van der Waals surface area contributed by atoms with Gasteiger partial charge in [-0.05, 0) is 69.7 Å². The molecule has 0 radical (unpaired) electrons. The molecule has 0 bridgehead atoms. The Morgan fingerprint density at radius 2 is 2.23 bits per heavy atom. The lowest BCUT2D eigenvalue weighted by molar-refractivity contribution is -0.162. The minimum Gasteiger partial charge on any atom is -0.495 e. The molecule has 1 aliphatic heterocycles. The second kappa shape index (κ2) is 11.7. The van der Waals surface area contributed by atoms with Crippen LogP contribution in [0.3, 0.4) is 0 Å². The predicted molar refractivity (Wildman–Crippen MR) is 118 cm³/mol. The van der Waals surface area contributed by atoms with Gasteiger partial charge in [0, 0.05) is 18.4 Å². The molecule has 1 aromatic heterocycles. The van der Waals surface area contributed by atoms with Crippen LogP contribution in [-0.2, 0) is 19.0 Å². The Morgan fingerprint density at radius 3 is 2.90 bits per heavy atom. The average Bonchev–Trinajstić information content (AvgIpc) is 3.22. The molecule has 1 aromatic carbocycles. The number of hydrogen-bond acceptors (Lipinski definition) is 6. The smallest absolute Gasteiger partial charge is 0.334 e. The van der Waals surface area contributed by atoms with Crippen molar-refractivity contribution in [3.63, 3.8) is 0 Å². The quantitative estimate of drug-likeness (QED) is 0.316. The van der Waals surface area contributed by atoms with Crippen LogP contribution in [0.4, 0.5) is 0 Å². The first-order chi connectivity index (χ1) is 15.1. The Balaban J connectivity index is 1.70. The molecule has 0 saturated carbocycles.